The highest BCUT2D eigenvalue weighted by Crippen LogP contribution is 2.12. The Hall–Kier alpha value is -0.120. The molecule has 2 N–H and O–H groups in total. The smallest absolute Gasteiger partial charge is 0.0644 e. The van der Waals surface area contributed by atoms with Gasteiger partial charge in [0.15, 0.2) is 0 Å². The monoisotopic (exact) mass is 217 g/mol. The molecule has 3 heteroatoms. The van der Waals surface area contributed by atoms with Gasteiger partial charge in [-0.1, -0.05) is 6.92 Å². The van der Waals surface area contributed by atoms with Gasteiger partial charge in [0.2, 0.25) is 0 Å². The maximum Gasteiger partial charge on any atom is 0.0644 e. The Morgan fingerprint density at radius 2 is 1.93 bits per heavy atom. The van der Waals surface area contributed by atoms with Crippen molar-refractivity contribution in [2.45, 2.75) is 58.1 Å². The third-order valence-corrected chi connectivity index (χ3v) is 2.79. The van der Waals surface area contributed by atoms with Gasteiger partial charge in [0.25, 0.3) is 0 Å². The van der Waals surface area contributed by atoms with Gasteiger partial charge < -0.3 is 15.2 Å². The Bertz CT molecular complexity index is 149. The SMILES string of the molecule is CCC(N)CCCOCCC(C)(C)OC. The minimum atomic E-state index is -0.0696. The molecule has 0 fully saturated rings. The number of hydrogen-bond donors (Lipinski definition) is 1. The molecule has 3 nitrogen and oxygen atoms in total. The van der Waals surface area contributed by atoms with Crippen LogP contribution in [0.25, 0.3) is 0 Å². The fourth-order valence-corrected chi connectivity index (χ4v) is 1.17. The van der Waals surface area contributed by atoms with Crippen molar-refractivity contribution in [3.05, 3.63) is 0 Å². The molecule has 0 aromatic heterocycles. The summed E-state index contributed by atoms with van der Waals surface area (Å²) in [6.07, 6.45) is 4.10. The summed E-state index contributed by atoms with van der Waals surface area (Å²) in [6, 6.07) is 0.337. The number of nitrogens with two attached hydrogens (primary N) is 1. The van der Waals surface area contributed by atoms with E-state index in [1.54, 1.807) is 7.11 Å². The molecule has 0 saturated heterocycles. The van der Waals surface area contributed by atoms with E-state index in [4.69, 9.17) is 15.2 Å². The molecule has 0 aliphatic rings. The first-order valence-electron chi connectivity index (χ1n) is 5.90. The molecule has 92 valence electrons. The van der Waals surface area contributed by atoms with E-state index in [9.17, 15) is 0 Å². The maximum absolute atomic E-state index is 5.80. The van der Waals surface area contributed by atoms with Gasteiger partial charge in [-0.05, 0) is 39.5 Å². The van der Waals surface area contributed by atoms with Crippen molar-refractivity contribution < 1.29 is 9.47 Å². The molecule has 0 aliphatic heterocycles. The number of methoxy groups -OCH3 is 1. The van der Waals surface area contributed by atoms with Crippen LogP contribution in [0.2, 0.25) is 0 Å². The van der Waals surface area contributed by atoms with Crippen molar-refractivity contribution in [2.75, 3.05) is 20.3 Å². The first-order valence-corrected chi connectivity index (χ1v) is 5.90. The van der Waals surface area contributed by atoms with Crippen LogP contribution in [0.5, 0.6) is 0 Å². The Kier molecular flexibility index (Phi) is 8.02. The zero-order chi connectivity index (χ0) is 11.7. The van der Waals surface area contributed by atoms with Gasteiger partial charge >= 0.3 is 0 Å². The van der Waals surface area contributed by atoms with Crippen LogP contribution in [0.3, 0.4) is 0 Å². The molecule has 1 atom stereocenters. The van der Waals surface area contributed by atoms with E-state index in [0.29, 0.717) is 6.04 Å². The van der Waals surface area contributed by atoms with Gasteiger partial charge in [0, 0.05) is 26.4 Å². The predicted octanol–water partition coefficient (Wildman–Crippen LogP) is 2.34. The Morgan fingerprint density at radius 3 is 2.47 bits per heavy atom. The average molecular weight is 217 g/mol. The fraction of sp³-hybridized carbons (Fsp3) is 1.00. The minimum Gasteiger partial charge on any atom is -0.381 e. The van der Waals surface area contributed by atoms with Crippen molar-refractivity contribution in [3.8, 4) is 0 Å². The predicted molar refractivity (Wildman–Crippen MR) is 64.0 cm³/mol. The minimum absolute atomic E-state index is 0.0696. The molecule has 15 heavy (non-hydrogen) atoms. The zero-order valence-electron chi connectivity index (χ0n) is 10.7. The third-order valence-electron chi connectivity index (χ3n) is 2.79. The summed E-state index contributed by atoms with van der Waals surface area (Å²) in [5.41, 5.74) is 5.73. The molecule has 0 radical (unpaired) electrons. The first-order chi connectivity index (χ1) is 7.02. The van der Waals surface area contributed by atoms with E-state index in [1.807, 2.05) is 0 Å². The highest BCUT2D eigenvalue weighted by molar-refractivity contribution is 4.66. The van der Waals surface area contributed by atoms with Gasteiger partial charge in [0.1, 0.15) is 0 Å². The van der Waals surface area contributed by atoms with Crippen molar-refractivity contribution in [1.29, 1.82) is 0 Å². The highest BCUT2D eigenvalue weighted by atomic mass is 16.5. The summed E-state index contributed by atoms with van der Waals surface area (Å²) in [6.45, 7) is 7.84. The van der Waals surface area contributed by atoms with Gasteiger partial charge in [-0.2, -0.15) is 0 Å². The van der Waals surface area contributed by atoms with Crippen LogP contribution in [-0.2, 0) is 9.47 Å². The van der Waals surface area contributed by atoms with Crippen LogP contribution in [0, 0.1) is 0 Å². The largest absolute Gasteiger partial charge is 0.381 e. The summed E-state index contributed by atoms with van der Waals surface area (Å²) in [5.74, 6) is 0. The Labute approximate surface area is 94.3 Å². The Morgan fingerprint density at radius 1 is 1.27 bits per heavy atom. The molecule has 0 amide bonds. The zero-order valence-corrected chi connectivity index (χ0v) is 10.7. The quantitative estimate of drug-likeness (QED) is 0.603. The lowest BCUT2D eigenvalue weighted by Gasteiger charge is -2.22. The molecule has 0 aliphatic carbocycles. The maximum atomic E-state index is 5.80. The van der Waals surface area contributed by atoms with Gasteiger partial charge in [-0.3, -0.25) is 0 Å². The van der Waals surface area contributed by atoms with Crippen LogP contribution in [0.1, 0.15) is 46.5 Å². The normalized spacial score (nSPS) is 14.2. The molecular weight excluding hydrogens is 190 g/mol. The lowest BCUT2D eigenvalue weighted by atomic mass is 10.1. The summed E-state index contributed by atoms with van der Waals surface area (Å²) in [5, 5.41) is 0. The number of ether oxygens (including phenoxy) is 2. The molecule has 0 rings (SSSR count). The highest BCUT2D eigenvalue weighted by Gasteiger charge is 2.15. The van der Waals surface area contributed by atoms with Crippen molar-refractivity contribution in [1.82, 2.24) is 0 Å². The summed E-state index contributed by atoms with van der Waals surface area (Å²) < 4.78 is 10.8. The Balaban J connectivity index is 3.25. The summed E-state index contributed by atoms with van der Waals surface area (Å²) in [4.78, 5) is 0. The molecule has 0 aromatic rings. The summed E-state index contributed by atoms with van der Waals surface area (Å²) in [7, 11) is 1.74. The summed E-state index contributed by atoms with van der Waals surface area (Å²) >= 11 is 0. The van der Waals surface area contributed by atoms with Crippen LogP contribution < -0.4 is 5.73 Å². The van der Waals surface area contributed by atoms with E-state index >= 15 is 0 Å². The van der Waals surface area contributed by atoms with Crippen LogP contribution in [0.4, 0.5) is 0 Å². The van der Waals surface area contributed by atoms with Gasteiger partial charge in [0.05, 0.1) is 5.60 Å². The molecule has 0 heterocycles. The second-order valence-corrected chi connectivity index (χ2v) is 4.64. The standard InChI is InChI=1S/C12H27NO2/c1-5-11(13)7-6-9-15-10-8-12(2,3)14-4/h11H,5-10,13H2,1-4H3. The van der Waals surface area contributed by atoms with E-state index in [2.05, 4.69) is 20.8 Å². The second kappa shape index (κ2) is 8.08. The molecular formula is C12H27NO2. The molecule has 0 spiro atoms. The third kappa shape index (κ3) is 8.85. The van der Waals surface area contributed by atoms with Gasteiger partial charge in [-0.15, -0.1) is 0 Å². The lowest BCUT2D eigenvalue weighted by molar-refractivity contribution is -0.0102. The van der Waals surface area contributed by atoms with E-state index in [1.165, 1.54) is 0 Å². The van der Waals surface area contributed by atoms with Crippen molar-refractivity contribution in [2.24, 2.45) is 5.73 Å². The first kappa shape index (κ1) is 14.9. The van der Waals surface area contributed by atoms with Crippen LogP contribution >= 0.6 is 0 Å². The van der Waals surface area contributed by atoms with E-state index in [0.717, 1.165) is 38.9 Å². The second-order valence-electron chi connectivity index (χ2n) is 4.64. The molecule has 1 unspecified atom stereocenters. The number of hydrogen-bond acceptors (Lipinski definition) is 3. The van der Waals surface area contributed by atoms with Crippen molar-refractivity contribution >= 4 is 0 Å². The molecule has 0 saturated carbocycles. The molecule has 0 bridgehead atoms. The van der Waals surface area contributed by atoms with E-state index < -0.39 is 0 Å². The van der Waals surface area contributed by atoms with E-state index in [-0.39, 0.29) is 5.60 Å². The van der Waals surface area contributed by atoms with Crippen LogP contribution in [-0.4, -0.2) is 32.0 Å². The van der Waals surface area contributed by atoms with Gasteiger partial charge in [-0.25, -0.2) is 0 Å². The molecule has 0 aromatic carbocycles. The average Bonchev–Trinajstić information content (AvgIpc) is 2.22. The van der Waals surface area contributed by atoms with Crippen LogP contribution in [0.15, 0.2) is 0 Å². The fourth-order valence-electron chi connectivity index (χ4n) is 1.17. The number of rotatable bonds is 9. The topological polar surface area (TPSA) is 44.5 Å². The lowest BCUT2D eigenvalue weighted by Crippen LogP contribution is -2.24. The van der Waals surface area contributed by atoms with Crippen molar-refractivity contribution in [3.63, 3.8) is 0 Å².